The number of nitrogens with one attached hydrogen (secondary N) is 1. The van der Waals surface area contributed by atoms with Crippen LogP contribution in [0.3, 0.4) is 0 Å². The molecule has 19 heavy (non-hydrogen) atoms. The minimum Gasteiger partial charge on any atom is -0.340 e. The summed E-state index contributed by atoms with van der Waals surface area (Å²) in [6, 6.07) is 4.96. The van der Waals surface area contributed by atoms with Gasteiger partial charge in [0.1, 0.15) is 22.6 Å². The Balaban J connectivity index is 2.37. The number of anilines is 2. The van der Waals surface area contributed by atoms with Gasteiger partial charge < -0.3 is 5.32 Å². The third-order valence-corrected chi connectivity index (χ3v) is 3.25. The largest absolute Gasteiger partial charge is 0.340 e. The molecular weight excluding hydrogens is 265 g/mol. The van der Waals surface area contributed by atoms with Crippen molar-refractivity contribution in [2.45, 2.75) is 27.2 Å². The molecule has 0 saturated carbocycles. The summed E-state index contributed by atoms with van der Waals surface area (Å²) in [5.41, 5.74) is 2.00. The van der Waals surface area contributed by atoms with Crippen LogP contribution in [0, 0.1) is 19.7 Å². The molecule has 0 fully saturated rings. The van der Waals surface area contributed by atoms with E-state index in [4.69, 9.17) is 11.6 Å². The second-order valence-electron chi connectivity index (χ2n) is 4.35. The molecule has 0 spiro atoms. The molecule has 3 nitrogen and oxygen atoms in total. The molecule has 1 aromatic heterocycles. The van der Waals surface area contributed by atoms with E-state index < -0.39 is 0 Å². The molecule has 1 heterocycles. The second-order valence-corrected chi connectivity index (χ2v) is 4.70. The Bertz CT molecular complexity index is 614. The Labute approximate surface area is 116 Å². The zero-order valence-electron chi connectivity index (χ0n) is 11.1. The predicted molar refractivity (Wildman–Crippen MR) is 75.6 cm³/mol. The molecule has 0 aliphatic carbocycles. The number of nitrogens with zero attached hydrogens (tertiary/aromatic N) is 2. The molecule has 1 aromatic carbocycles. The number of hydrogen-bond acceptors (Lipinski definition) is 3. The Kier molecular flexibility index (Phi) is 4.00. The first kappa shape index (κ1) is 13.7. The van der Waals surface area contributed by atoms with Crippen LogP contribution in [0.5, 0.6) is 0 Å². The van der Waals surface area contributed by atoms with E-state index in [0.717, 1.165) is 5.56 Å². The second kappa shape index (κ2) is 5.53. The summed E-state index contributed by atoms with van der Waals surface area (Å²) in [4.78, 5) is 8.54. The van der Waals surface area contributed by atoms with Crippen molar-refractivity contribution in [3.8, 4) is 0 Å². The van der Waals surface area contributed by atoms with Gasteiger partial charge in [-0.1, -0.05) is 24.6 Å². The van der Waals surface area contributed by atoms with Crippen molar-refractivity contribution in [1.82, 2.24) is 9.97 Å². The van der Waals surface area contributed by atoms with Crippen molar-refractivity contribution >= 4 is 23.1 Å². The van der Waals surface area contributed by atoms with Crippen LogP contribution in [0.2, 0.25) is 5.15 Å². The first-order valence-electron chi connectivity index (χ1n) is 6.07. The lowest BCUT2D eigenvalue weighted by molar-refractivity contribution is 0.619. The zero-order chi connectivity index (χ0) is 14.0. The first-order valence-corrected chi connectivity index (χ1v) is 6.45. The quantitative estimate of drug-likeness (QED) is 0.856. The monoisotopic (exact) mass is 279 g/mol. The van der Waals surface area contributed by atoms with Gasteiger partial charge in [0.2, 0.25) is 0 Å². The van der Waals surface area contributed by atoms with E-state index in [-0.39, 0.29) is 5.82 Å². The van der Waals surface area contributed by atoms with Crippen LogP contribution in [-0.2, 0) is 6.42 Å². The van der Waals surface area contributed by atoms with Crippen LogP contribution < -0.4 is 5.32 Å². The molecule has 100 valence electrons. The highest BCUT2D eigenvalue weighted by Crippen LogP contribution is 2.24. The number of halogens is 2. The maximum atomic E-state index is 13.5. The van der Waals surface area contributed by atoms with Gasteiger partial charge in [0.05, 0.1) is 0 Å². The average Bonchev–Trinajstić information content (AvgIpc) is 2.39. The summed E-state index contributed by atoms with van der Waals surface area (Å²) in [7, 11) is 0. The Hall–Kier alpha value is -1.68. The lowest BCUT2D eigenvalue weighted by atomic mass is 10.2. The van der Waals surface area contributed by atoms with Gasteiger partial charge in [0.15, 0.2) is 0 Å². The maximum absolute atomic E-state index is 13.5. The van der Waals surface area contributed by atoms with E-state index >= 15 is 0 Å². The van der Waals surface area contributed by atoms with E-state index in [1.54, 1.807) is 19.1 Å². The van der Waals surface area contributed by atoms with Gasteiger partial charge in [-0.3, -0.25) is 0 Å². The average molecular weight is 280 g/mol. The molecule has 5 heteroatoms. The number of aryl methyl sites for hydroxylation is 2. The summed E-state index contributed by atoms with van der Waals surface area (Å²) in [6.45, 7) is 5.51. The lowest BCUT2D eigenvalue weighted by Crippen LogP contribution is -2.03. The van der Waals surface area contributed by atoms with Gasteiger partial charge in [-0.05, 0) is 31.5 Å². The highest BCUT2D eigenvalue weighted by Gasteiger charge is 2.09. The Morgan fingerprint density at radius 2 is 2.00 bits per heavy atom. The van der Waals surface area contributed by atoms with Crippen molar-refractivity contribution in [3.05, 3.63) is 46.1 Å². The molecule has 0 unspecified atom stereocenters. The van der Waals surface area contributed by atoms with Gasteiger partial charge in [0.25, 0.3) is 0 Å². The third-order valence-electron chi connectivity index (χ3n) is 2.88. The van der Waals surface area contributed by atoms with Crippen molar-refractivity contribution < 1.29 is 4.39 Å². The van der Waals surface area contributed by atoms with Crippen molar-refractivity contribution in [2.24, 2.45) is 0 Å². The van der Waals surface area contributed by atoms with E-state index in [9.17, 15) is 4.39 Å². The van der Waals surface area contributed by atoms with Crippen molar-refractivity contribution in [2.75, 3.05) is 5.32 Å². The fourth-order valence-corrected chi connectivity index (χ4v) is 1.81. The standard InChI is InChI=1S/C14H15ClFN3/c1-4-12-18-13(15)9(3)14(19-12)17-10-6-5-8(2)11(16)7-10/h5-7H,4H2,1-3H3,(H,17,18,19). The summed E-state index contributed by atoms with van der Waals surface area (Å²) >= 11 is 6.06. The van der Waals surface area contributed by atoms with E-state index in [2.05, 4.69) is 15.3 Å². The third kappa shape index (κ3) is 3.01. The normalized spacial score (nSPS) is 10.6. The highest BCUT2D eigenvalue weighted by atomic mass is 35.5. The zero-order valence-corrected chi connectivity index (χ0v) is 11.8. The number of benzene rings is 1. The van der Waals surface area contributed by atoms with Crippen LogP contribution >= 0.6 is 11.6 Å². The minimum atomic E-state index is -0.251. The summed E-state index contributed by atoms with van der Waals surface area (Å²) in [5.74, 6) is 1.02. The smallest absolute Gasteiger partial charge is 0.138 e. The molecular formula is C14H15ClFN3. The molecule has 0 amide bonds. The number of hydrogen-bond donors (Lipinski definition) is 1. The summed E-state index contributed by atoms with van der Waals surface area (Å²) < 4.78 is 13.5. The maximum Gasteiger partial charge on any atom is 0.138 e. The van der Waals surface area contributed by atoms with Crippen LogP contribution in [0.1, 0.15) is 23.9 Å². The van der Waals surface area contributed by atoms with Gasteiger partial charge in [-0.15, -0.1) is 0 Å². The van der Waals surface area contributed by atoms with Crippen LogP contribution in [0.25, 0.3) is 0 Å². The Morgan fingerprint density at radius 3 is 2.63 bits per heavy atom. The molecule has 2 rings (SSSR count). The van der Waals surface area contributed by atoms with Gasteiger partial charge in [-0.2, -0.15) is 0 Å². The fraction of sp³-hybridized carbons (Fsp3) is 0.286. The van der Waals surface area contributed by atoms with Crippen molar-refractivity contribution in [1.29, 1.82) is 0 Å². The Morgan fingerprint density at radius 1 is 1.26 bits per heavy atom. The van der Waals surface area contributed by atoms with E-state index in [0.29, 0.717) is 34.5 Å². The summed E-state index contributed by atoms with van der Waals surface area (Å²) in [5, 5.41) is 3.50. The molecule has 2 aromatic rings. The summed E-state index contributed by atoms with van der Waals surface area (Å²) in [6.07, 6.45) is 0.691. The minimum absolute atomic E-state index is 0.251. The molecule has 0 aliphatic rings. The van der Waals surface area contributed by atoms with Gasteiger partial charge in [0, 0.05) is 17.7 Å². The lowest BCUT2D eigenvalue weighted by Gasteiger charge is -2.11. The topological polar surface area (TPSA) is 37.8 Å². The molecule has 0 radical (unpaired) electrons. The molecule has 0 bridgehead atoms. The fourth-order valence-electron chi connectivity index (χ4n) is 1.62. The first-order chi connectivity index (χ1) is 9.01. The van der Waals surface area contributed by atoms with Gasteiger partial charge >= 0.3 is 0 Å². The SMILES string of the molecule is CCc1nc(Cl)c(C)c(Nc2ccc(C)c(F)c2)n1. The molecule has 1 N–H and O–H groups in total. The molecule has 0 saturated heterocycles. The van der Waals surface area contributed by atoms with Gasteiger partial charge in [-0.25, -0.2) is 14.4 Å². The predicted octanol–water partition coefficient (Wildman–Crippen LogP) is 4.19. The molecule has 0 aliphatic heterocycles. The van der Waals surface area contributed by atoms with Crippen molar-refractivity contribution in [3.63, 3.8) is 0 Å². The van der Waals surface area contributed by atoms with Crippen LogP contribution in [0.4, 0.5) is 15.9 Å². The van der Waals surface area contributed by atoms with E-state index in [1.165, 1.54) is 6.07 Å². The van der Waals surface area contributed by atoms with Crippen LogP contribution in [0.15, 0.2) is 18.2 Å². The molecule has 0 atom stereocenters. The van der Waals surface area contributed by atoms with E-state index in [1.807, 2.05) is 13.8 Å². The number of rotatable bonds is 3. The number of aromatic nitrogens is 2. The van der Waals surface area contributed by atoms with Crippen LogP contribution in [-0.4, -0.2) is 9.97 Å². The highest BCUT2D eigenvalue weighted by molar-refractivity contribution is 6.30.